The summed E-state index contributed by atoms with van der Waals surface area (Å²) in [5.41, 5.74) is 2.75. The number of halogens is 2. The fourth-order valence-corrected chi connectivity index (χ4v) is 4.86. The zero-order valence-electron chi connectivity index (χ0n) is 24.5. The summed E-state index contributed by atoms with van der Waals surface area (Å²) in [4.78, 5) is 19.6. The average Bonchev–Trinajstić information content (AvgIpc) is 3.69. The lowest BCUT2D eigenvalue weighted by Gasteiger charge is -2.31. The van der Waals surface area contributed by atoms with Gasteiger partial charge in [0, 0.05) is 42.9 Å². The molecule has 2 heterocycles. The number of aliphatic imine (C=N–C) groups is 1. The summed E-state index contributed by atoms with van der Waals surface area (Å²) < 4.78 is 43.7. The molecule has 0 bridgehead atoms. The molecule has 0 saturated heterocycles. The van der Waals surface area contributed by atoms with E-state index < -0.39 is 18.6 Å². The Morgan fingerprint density at radius 3 is 2.64 bits per heavy atom. The summed E-state index contributed by atoms with van der Waals surface area (Å²) in [5.74, 6) is 0.492. The van der Waals surface area contributed by atoms with Crippen molar-refractivity contribution in [3.05, 3.63) is 70.8 Å². The third-order valence-electron chi connectivity index (χ3n) is 7.37. The number of unbranched alkanes of at least 4 members (excludes halogenated alkanes) is 1. The van der Waals surface area contributed by atoms with Crippen LogP contribution in [0.25, 0.3) is 0 Å². The van der Waals surface area contributed by atoms with Gasteiger partial charge in [-0.3, -0.25) is 9.79 Å². The highest BCUT2D eigenvalue weighted by Crippen LogP contribution is 2.40. The molecule has 3 N–H and O–H groups in total. The molecular formula is C31H39F2N5O4. The van der Waals surface area contributed by atoms with Crippen LogP contribution >= 0.6 is 0 Å². The van der Waals surface area contributed by atoms with E-state index in [0.717, 1.165) is 37.7 Å². The van der Waals surface area contributed by atoms with Crippen molar-refractivity contribution in [3.63, 3.8) is 0 Å². The maximum Gasteiger partial charge on any atom is 0.387 e. The standard InChI is InChI=1S/C31H39F2N5O4/c1-6-7-8-18(2)19(3)41-27-17-38-24(16-36-28(38)13-23(27)21(14-34)15-35-4)20-11-25(40-5)29(26(12-20)42-31(32)33)30(39)37-22-9-10-22/h11-15,17,19,22,24,31,34-35H,2,6-10,16H2,1,3-5H3,(H,37,39)/b21-15+,34-14?. The van der Waals surface area contributed by atoms with Gasteiger partial charge in [-0.25, -0.2) is 0 Å². The number of hydrogen-bond acceptors (Lipinski definition) is 8. The minimum Gasteiger partial charge on any atom is -0.496 e. The number of nitrogens with one attached hydrogen (secondary N) is 3. The first kappa shape index (κ1) is 30.8. The molecule has 4 rings (SSSR count). The molecule has 226 valence electrons. The van der Waals surface area contributed by atoms with Gasteiger partial charge >= 0.3 is 6.61 Å². The highest BCUT2D eigenvalue weighted by atomic mass is 19.3. The quantitative estimate of drug-likeness (QED) is 0.183. The van der Waals surface area contributed by atoms with Crippen LogP contribution < -0.4 is 20.1 Å². The second-order valence-corrected chi connectivity index (χ2v) is 10.5. The van der Waals surface area contributed by atoms with Gasteiger partial charge in [-0.2, -0.15) is 8.78 Å². The summed E-state index contributed by atoms with van der Waals surface area (Å²) in [6.07, 6.45) is 10.9. The van der Waals surface area contributed by atoms with Gasteiger partial charge in [0.25, 0.3) is 5.91 Å². The normalized spacial score (nSPS) is 18.8. The maximum absolute atomic E-state index is 13.5. The van der Waals surface area contributed by atoms with Crippen LogP contribution in [0.5, 0.6) is 11.5 Å². The topological polar surface area (TPSA) is 108 Å². The van der Waals surface area contributed by atoms with Crippen molar-refractivity contribution in [2.45, 2.75) is 70.8 Å². The molecule has 1 saturated carbocycles. The number of fused-ring (bicyclic) bond motifs is 1. The van der Waals surface area contributed by atoms with E-state index in [4.69, 9.17) is 24.6 Å². The van der Waals surface area contributed by atoms with E-state index in [1.165, 1.54) is 19.4 Å². The Labute approximate surface area is 245 Å². The molecule has 0 aromatic heterocycles. The van der Waals surface area contributed by atoms with Gasteiger partial charge in [-0.1, -0.05) is 19.9 Å². The number of methoxy groups -OCH3 is 1. The predicted molar refractivity (Wildman–Crippen MR) is 158 cm³/mol. The zero-order valence-corrected chi connectivity index (χ0v) is 24.5. The number of benzene rings is 1. The van der Waals surface area contributed by atoms with Crippen molar-refractivity contribution < 1.29 is 27.8 Å². The van der Waals surface area contributed by atoms with E-state index in [0.29, 0.717) is 34.8 Å². The first-order chi connectivity index (χ1) is 20.2. The first-order valence-corrected chi connectivity index (χ1v) is 14.2. The molecule has 2 atom stereocenters. The Kier molecular flexibility index (Phi) is 10.0. The van der Waals surface area contributed by atoms with Gasteiger partial charge < -0.3 is 35.2 Å². The lowest BCUT2D eigenvalue weighted by atomic mass is 9.99. The highest BCUT2D eigenvalue weighted by molar-refractivity contribution is 6.02. The monoisotopic (exact) mass is 583 g/mol. The number of carbonyl (C=O) groups is 1. The van der Waals surface area contributed by atoms with Crippen LogP contribution in [-0.4, -0.2) is 62.3 Å². The van der Waals surface area contributed by atoms with Gasteiger partial charge in [0.05, 0.1) is 19.7 Å². The number of carbonyl (C=O) groups excluding carboxylic acids is 1. The Hall–Kier alpha value is -4.15. The van der Waals surface area contributed by atoms with Crippen LogP contribution in [0.2, 0.25) is 0 Å². The third kappa shape index (κ3) is 7.00. The van der Waals surface area contributed by atoms with Crippen molar-refractivity contribution >= 4 is 18.0 Å². The second-order valence-electron chi connectivity index (χ2n) is 10.5. The Morgan fingerprint density at radius 2 is 2.02 bits per heavy atom. The van der Waals surface area contributed by atoms with E-state index in [9.17, 15) is 13.6 Å². The zero-order chi connectivity index (χ0) is 30.4. The first-order valence-electron chi connectivity index (χ1n) is 14.2. The summed E-state index contributed by atoms with van der Waals surface area (Å²) >= 11 is 0. The molecule has 1 aliphatic carbocycles. The molecule has 1 amide bonds. The molecule has 2 unspecified atom stereocenters. The minimum atomic E-state index is -3.13. The van der Waals surface area contributed by atoms with Crippen molar-refractivity contribution in [1.29, 1.82) is 5.41 Å². The molecular weight excluding hydrogens is 544 g/mol. The Morgan fingerprint density at radius 1 is 1.29 bits per heavy atom. The van der Waals surface area contributed by atoms with Gasteiger partial charge in [0.1, 0.15) is 34.8 Å². The van der Waals surface area contributed by atoms with Gasteiger partial charge in [-0.05, 0) is 62.0 Å². The van der Waals surface area contributed by atoms with E-state index in [1.807, 2.05) is 24.1 Å². The molecule has 11 heteroatoms. The molecule has 42 heavy (non-hydrogen) atoms. The number of allylic oxidation sites excluding steroid dienone is 1. The summed E-state index contributed by atoms with van der Waals surface area (Å²) in [6.45, 7) is 5.45. The number of alkyl halides is 2. The molecule has 1 aromatic rings. The number of rotatable bonds is 15. The molecule has 0 spiro atoms. The lowest BCUT2D eigenvalue weighted by molar-refractivity contribution is -0.0503. The average molecular weight is 584 g/mol. The molecule has 1 fully saturated rings. The number of amides is 1. The van der Waals surface area contributed by atoms with Crippen LogP contribution in [-0.2, 0) is 4.74 Å². The maximum atomic E-state index is 13.5. The summed E-state index contributed by atoms with van der Waals surface area (Å²) in [7, 11) is 3.14. The fraction of sp³-hybridized carbons (Fsp3) is 0.452. The SMILES string of the molecule is C=C(CCCC)C(C)OC1=CN2C(=NCC2c2cc(OC)c(C(=O)NC3CC3)c(OC(F)F)c2)C=C1/C(C=N)=C/NC. The van der Waals surface area contributed by atoms with Gasteiger partial charge in [0.15, 0.2) is 0 Å². The Bertz CT molecular complexity index is 1330. The van der Waals surface area contributed by atoms with Crippen LogP contribution in [0.15, 0.2) is 64.7 Å². The number of nitrogens with zero attached hydrogens (tertiary/aromatic N) is 2. The largest absolute Gasteiger partial charge is 0.496 e. The van der Waals surface area contributed by atoms with E-state index in [1.54, 1.807) is 19.3 Å². The molecule has 1 aromatic carbocycles. The van der Waals surface area contributed by atoms with Crippen molar-refractivity contribution in [2.24, 2.45) is 4.99 Å². The smallest absolute Gasteiger partial charge is 0.387 e. The fourth-order valence-electron chi connectivity index (χ4n) is 4.86. The number of amidine groups is 1. The van der Waals surface area contributed by atoms with Crippen LogP contribution in [0.1, 0.15) is 67.9 Å². The Balaban J connectivity index is 1.72. The third-order valence-corrected chi connectivity index (χ3v) is 7.37. The van der Waals surface area contributed by atoms with Crippen molar-refractivity contribution in [1.82, 2.24) is 15.5 Å². The van der Waals surface area contributed by atoms with E-state index in [2.05, 4.69) is 24.1 Å². The van der Waals surface area contributed by atoms with Gasteiger partial charge in [0.2, 0.25) is 0 Å². The van der Waals surface area contributed by atoms with Crippen molar-refractivity contribution in [3.8, 4) is 11.5 Å². The summed E-state index contributed by atoms with van der Waals surface area (Å²) in [5, 5.41) is 13.8. The highest BCUT2D eigenvalue weighted by Gasteiger charge is 2.35. The second kappa shape index (κ2) is 13.7. The predicted octanol–water partition coefficient (Wildman–Crippen LogP) is 5.63. The van der Waals surface area contributed by atoms with Crippen LogP contribution in [0, 0.1) is 5.41 Å². The molecule has 0 radical (unpaired) electrons. The summed E-state index contributed by atoms with van der Waals surface area (Å²) in [6, 6.07) is 2.72. The van der Waals surface area contributed by atoms with E-state index in [-0.39, 0.29) is 29.2 Å². The van der Waals surface area contributed by atoms with Gasteiger partial charge in [-0.15, -0.1) is 0 Å². The number of hydrogen-bond donors (Lipinski definition) is 3. The molecule has 3 aliphatic rings. The lowest BCUT2D eigenvalue weighted by Crippen LogP contribution is -2.30. The van der Waals surface area contributed by atoms with Crippen LogP contribution in [0.4, 0.5) is 8.78 Å². The minimum absolute atomic E-state index is 0.0215. The van der Waals surface area contributed by atoms with Crippen LogP contribution in [0.3, 0.4) is 0 Å². The molecule has 2 aliphatic heterocycles. The molecule has 9 nitrogen and oxygen atoms in total. The van der Waals surface area contributed by atoms with E-state index >= 15 is 0 Å². The van der Waals surface area contributed by atoms with Crippen molar-refractivity contribution in [2.75, 3.05) is 20.7 Å². The number of ether oxygens (including phenoxy) is 3.